The van der Waals surface area contributed by atoms with Gasteiger partial charge in [0.05, 0.1) is 16.8 Å². The lowest BCUT2D eigenvalue weighted by Crippen LogP contribution is -2.41. The minimum absolute atomic E-state index is 0.160. The summed E-state index contributed by atoms with van der Waals surface area (Å²) in [6, 6.07) is 6.41. The third kappa shape index (κ3) is 1.73. The number of hydrogen-bond donors (Lipinski definition) is 2. The monoisotopic (exact) mass is 342 g/mol. The molecule has 4 heteroatoms. The number of rotatable bonds is 0. The Morgan fingerprint density at radius 2 is 2.24 bits per heavy atom. The predicted molar refractivity (Wildman–Crippen MR) is 77.2 cm³/mol. The van der Waals surface area contributed by atoms with Gasteiger partial charge in [-0.2, -0.15) is 0 Å². The molecule has 90 valence electrons. The minimum Gasteiger partial charge on any atom is -0.380 e. The first kappa shape index (κ1) is 11.3. The predicted octanol–water partition coefficient (Wildman–Crippen LogP) is 3.21. The van der Waals surface area contributed by atoms with Crippen molar-refractivity contribution in [3.8, 4) is 0 Å². The van der Waals surface area contributed by atoms with Crippen LogP contribution in [0.1, 0.15) is 26.2 Å². The highest BCUT2D eigenvalue weighted by Crippen LogP contribution is 2.44. The second-order valence-electron chi connectivity index (χ2n) is 5.15. The smallest absolute Gasteiger partial charge is 0.232 e. The lowest BCUT2D eigenvalue weighted by Gasteiger charge is -2.27. The summed E-state index contributed by atoms with van der Waals surface area (Å²) in [7, 11) is 0. The summed E-state index contributed by atoms with van der Waals surface area (Å²) in [6.07, 6.45) is 3.18. The first-order valence-corrected chi connectivity index (χ1v) is 7.05. The molecular weight excluding hydrogens is 327 g/mol. The fourth-order valence-corrected chi connectivity index (χ4v) is 3.36. The van der Waals surface area contributed by atoms with Crippen molar-refractivity contribution in [1.29, 1.82) is 0 Å². The van der Waals surface area contributed by atoms with Crippen molar-refractivity contribution in [1.82, 2.24) is 0 Å². The molecule has 1 aromatic rings. The molecule has 3 rings (SSSR count). The summed E-state index contributed by atoms with van der Waals surface area (Å²) in [4.78, 5) is 12.3. The van der Waals surface area contributed by atoms with Gasteiger partial charge in [0.25, 0.3) is 0 Å². The number of fused-ring (bicyclic) bond motifs is 2. The molecule has 2 unspecified atom stereocenters. The van der Waals surface area contributed by atoms with Crippen molar-refractivity contribution < 1.29 is 4.79 Å². The Hall–Kier alpha value is -0.780. The zero-order chi connectivity index (χ0) is 12.0. The Morgan fingerprint density at radius 3 is 3.06 bits per heavy atom. The van der Waals surface area contributed by atoms with Crippen LogP contribution in [0.3, 0.4) is 0 Å². The van der Waals surface area contributed by atoms with Crippen LogP contribution in [0.2, 0.25) is 0 Å². The summed E-state index contributed by atoms with van der Waals surface area (Å²) in [6.45, 7) is 2.07. The third-order valence-corrected chi connectivity index (χ3v) is 4.71. The quantitative estimate of drug-likeness (QED) is 0.711. The topological polar surface area (TPSA) is 41.1 Å². The van der Waals surface area contributed by atoms with E-state index < -0.39 is 0 Å². The maximum absolute atomic E-state index is 12.3. The van der Waals surface area contributed by atoms with Gasteiger partial charge in [0.2, 0.25) is 5.91 Å². The van der Waals surface area contributed by atoms with E-state index in [1.54, 1.807) is 0 Å². The standard InChI is InChI=1S/C13H15IN2O/c1-13-6-2-3-11(13)15-9-5-4-8(14)7-10(9)16-12(13)17/h4-5,7,11,15H,2-3,6H2,1H3,(H,16,17). The van der Waals surface area contributed by atoms with Gasteiger partial charge in [-0.25, -0.2) is 0 Å². The molecule has 1 amide bonds. The number of benzene rings is 1. The van der Waals surface area contributed by atoms with Gasteiger partial charge in [0.1, 0.15) is 0 Å². The molecular formula is C13H15IN2O. The number of hydrogen-bond acceptors (Lipinski definition) is 2. The SMILES string of the molecule is CC12CCCC1Nc1ccc(I)cc1NC2=O. The summed E-state index contributed by atoms with van der Waals surface area (Å²) >= 11 is 2.26. The van der Waals surface area contributed by atoms with E-state index in [9.17, 15) is 4.79 Å². The van der Waals surface area contributed by atoms with E-state index in [-0.39, 0.29) is 17.4 Å². The normalized spacial score (nSPS) is 30.9. The second-order valence-corrected chi connectivity index (χ2v) is 6.40. The highest BCUT2D eigenvalue weighted by Gasteiger charge is 2.46. The van der Waals surface area contributed by atoms with Crippen molar-refractivity contribution in [2.45, 2.75) is 32.2 Å². The first-order valence-electron chi connectivity index (χ1n) is 5.97. The minimum atomic E-state index is -0.259. The van der Waals surface area contributed by atoms with Crippen LogP contribution < -0.4 is 10.6 Å². The van der Waals surface area contributed by atoms with Crippen LogP contribution in [0, 0.1) is 8.99 Å². The average molecular weight is 342 g/mol. The Kier molecular flexibility index (Phi) is 2.57. The highest BCUT2D eigenvalue weighted by atomic mass is 127. The second kappa shape index (κ2) is 3.86. The number of halogens is 1. The molecule has 2 N–H and O–H groups in total. The number of anilines is 2. The summed E-state index contributed by atoms with van der Waals surface area (Å²) in [5, 5.41) is 6.60. The van der Waals surface area contributed by atoms with Crippen LogP contribution >= 0.6 is 22.6 Å². The molecule has 0 spiro atoms. The molecule has 1 saturated carbocycles. The van der Waals surface area contributed by atoms with Crippen LogP contribution in [0.15, 0.2) is 18.2 Å². The van der Waals surface area contributed by atoms with Gasteiger partial charge >= 0.3 is 0 Å². The maximum atomic E-state index is 12.3. The van der Waals surface area contributed by atoms with Gasteiger partial charge in [0.15, 0.2) is 0 Å². The molecule has 1 aliphatic heterocycles. The Bertz CT molecular complexity index is 488. The van der Waals surface area contributed by atoms with E-state index in [0.717, 1.165) is 34.2 Å². The maximum Gasteiger partial charge on any atom is 0.232 e. The molecule has 3 nitrogen and oxygen atoms in total. The van der Waals surface area contributed by atoms with Crippen molar-refractivity contribution >= 4 is 39.9 Å². The molecule has 0 radical (unpaired) electrons. The fraction of sp³-hybridized carbons (Fsp3) is 0.462. The van der Waals surface area contributed by atoms with Gasteiger partial charge in [-0.3, -0.25) is 4.79 Å². The van der Waals surface area contributed by atoms with Crippen molar-refractivity contribution in [2.24, 2.45) is 5.41 Å². The number of carbonyl (C=O) groups is 1. The number of nitrogens with one attached hydrogen (secondary N) is 2. The van der Waals surface area contributed by atoms with Crippen LogP contribution in [0.5, 0.6) is 0 Å². The van der Waals surface area contributed by atoms with E-state index in [2.05, 4.69) is 52.3 Å². The average Bonchev–Trinajstić information content (AvgIpc) is 2.61. The van der Waals surface area contributed by atoms with E-state index >= 15 is 0 Å². The van der Waals surface area contributed by atoms with Crippen LogP contribution in [0.25, 0.3) is 0 Å². The highest BCUT2D eigenvalue weighted by molar-refractivity contribution is 14.1. The molecule has 1 heterocycles. The van der Waals surface area contributed by atoms with E-state index in [1.165, 1.54) is 0 Å². The van der Waals surface area contributed by atoms with E-state index in [4.69, 9.17) is 0 Å². The lowest BCUT2D eigenvalue weighted by atomic mass is 9.84. The zero-order valence-corrected chi connectivity index (χ0v) is 11.9. The largest absolute Gasteiger partial charge is 0.380 e. The van der Waals surface area contributed by atoms with Gasteiger partial charge < -0.3 is 10.6 Å². The summed E-state index contributed by atoms with van der Waals surface area (Å²) in [5.41, 5.74) is 1.71. The van der Waals surface area contributed by atoms with Crippen LogP contribution in [-0.4, -0.2) is 11.9 Å². The zero-order valence-electron chi connectivity index (χ0n) is 9.72. The van der Waals surface area contributed by atoms with E-state index in [1.807, 2.05) is 6.07 Å². The van der Waals surface area contributed by atoms with Crippen LogP contribution in [0.4, 0.5) is 11.4 Å². The molecule has 0 aromatic heterocycles. The Balaban J connectivity index is 2.06. The molecule has 2 atom stereocenters. The van der Waals surface area contributed by atoms with Crippen molar-refractivity contribution in [3.05, 3.63) is 21.8 Å². The molecule has 1 fully saturated rings. The van der Waals surface area contributed by atoms with Crippen molar-refractivity contribution in [2.75, 3.05) is 10.6 Å². The first-order chi connectivity index (χ1) is 8.09. The van der Waals surface area contributed by atoms with Crippen molar-refractivity contribution in [3.63, 3.8) is 0 Å². The molecule has 17 heavy (non-hydrogen) atoms. The van der Waals surface area contributed by atoms with Gasteiger partial charge in [0, 0.05) is 9.61 Å². The third-order valence-electron chi connectivity index (χ3n) is 4.04. The molecule has 0 saturated heterocycles. The Morgan fingerprint density at radius 1 is 1.41 bits per heavy atom. The number of amides is 1. The molecule has 1 aromatic carbocycles. The fourth-order valence-electron chi connectivity index (χ4n) is 2.87. The number of carbonyl (C=O) groups excluding carboxylic acids is 1. The van der Waals surface area contributed by atoms with Crippen LogP contribution in [-0.2, 0) is 4.79 Å². The van der Waals surface area contributed by atoms with Gasteiger partial charge in [-0.05, 0) is 60.6 Å². The Labute approximate surface area is 114 Å². The summed E-state index contributed by atoms with van der Waals surface area (Å²) in [5.74, 6) is 0.160. The molecule has 1 aliphatic carbocycles. The van der Waals surface area contributed by atoms with Gasteiger partial charge in [-0.15, -0.1) is 0 Å². The van der Waals surface area contributed by atoms with E-state index in [0.29, 0.717) is 0 Å². The lowest BCUT2D eigenvalue weighted by molar-refractivity contribution is -0.124. The summed E-state index contributed by atoms with van der Waals surface area (Å²) < 4.78 is 1.14. The van der Waals surface area contributed by atoms with Gasteiger partial charge in [-0.1, -0.05) is 6.42 Å². The molecule has 0 bridgehead atoms. The molecule has 2 aliphatic rings.